The van der Waals surface area contributed by atoms with Crippen LogP contribution in [0, 0.1) is 5.92 Å². The molecule has 90 valence electrons. The van der Waals surface area contributed by atoms with Gasteiger partial charge in [0.05, 0.1) is 0 Å². The minimum Gasteiger partial charge on any atom is -0.508 e. The predicted octanol–water partition coefficient (Wildman–Crippen LogP) is 4.71. The van der Waals surface area contributed by atoms with E-state index in [0.717, 1.165) is 0 Å². The summed E-state index contributed by atoms with van der Waals surface area (Å²) in [6.07, 6.45) is 5.22. The van der Waals surface area contributed by atoms with Crippen LogP contribution < -0.4 is 0 Å². The maximum Gasteiger partial charge on any atom is 0.115 e. The molecule has 1 rings (SSSR count). The summed E-state index contributed by atoms with van der Waals surface area (Å²) in [5.41, 5.74) is 1.25. The van der Waals surface area contributed by atoms with Gasteiger partial charge < -0.3 is 5.11 Å². The predicted molar refractivity (Wildman–Crippen MR) is 69.8 cm³/mol. The number of phenols is 1. The topological polar surface area (TPSA) is 20.2 Å². The van der Waals surface area contributed by atoms with Crippen molar-refractivity contribution in [3.05, 3.63) is 29.8 Å². The SMILES string of the molecule is CCCCC[C@H](C)[C@@H](C)c1cccc(O)c1. The summed E-state index contributed by atoms with van der Waals surface area (Å²) in [5.74, 6) is 1.60. The van der Waals surface area contributed by atoms with Crippen molar-refractivity contribution in [2.45, 2.75) is 52.4 Å². The standard InChI is InChI=1S/C15H24O/c1-4-5-6-8-12(2)13(3)14-9-7-10-15(16)11-14/h7,9-13,16H,4-6,8H2,1-3H3/t12-,13+/m0/s1. The molecular weight excluding hydrogens is 196 g/mol. The average molecular weight is 220 g/mol. The van der Waals surface area contributed by atoms with Crippen molar-refractivity contribution in [3.63, 3.8) is 0 Å². The van der Waals surface area contributed by atoms with Crippen molar-refractivity contribution in [2.24, 2.45) is 5.92 Å². The Morgan fingerprint density at radius 2 is 1.94 bits per heavy atom. The molecule has 1 heteroatoms. The van der Waals surface area contributed by atoms with Crippen LogP contribution in [0.2, 0.25) is 0 Å². The first kappa shape index (κ1) is 13.1. The molecule has 0 aliphatic heterocycles. The van der Waals surface area contributed by atoms with Crippen LogP contribution in [0.15, 0.2) is 24.3 Å². The Kier molecular flexibility index (Phi) is 5.37. The first-order valence-electron chi connectivity index (χ1n) is 6.44. The fourth-order valence-corrected chi connectivity index (χ4v) is 2.10. The summed E-state index contributed by atoms with van der Waals surface area (Å²) in [6.45, 7) is 6.80. The molecule has 1 N–H and O–H groups in total. The monoisotopic (exact) mass is 220 g/mol. The molecule has 1 aromatic carbocycles. The van der Waals surface area contributed by atoms with Crippen molar-refractivity contribution < 1.29 is 5.11 Å². The number of rotatable bonds is 6. The van der Waals surface area contributed by atoms with E-state index in [2.05, 4.69) is 26.8 Å². The Bertz CT molecular complexity index is 306. The lowest BCUT2D eigenvalue weighted by Crippen LogP contribution is -2.06. The van der Waals surface area contributed by atoms with Crippen LogP contribution in [0.4, 0.5) is 0 Å². The second-order valence-corrected chi connectivity index (χ2v) is 4.86. The highest BCUT2D eigenvalue weighted by atomic mass is 16.3. The summed E-state index contributed by atoms with van der Waals surface area (Å²) in [4.78, 5) is 0. The van der Waals surface area contributed by atoms with E-state index in [1.165, 1.54) is 31.2 Å². The lowest BCUT2D eigenvalue weighted by Gasteiger charge is -2.20. The molecule has 0 bridgehead atoms. The van der Waals surface area contributed by atoms with Gasteiger partial charge in [0.15, 0.2) is 0 Å². The van der Waals surface area contributed by atoms with E-state index in [1.54, 1.807) is 6.07 Å². The fourth-order valence-electron chi connectivity index (χ4n) is 2.10. The van der Waals surface area contributed by atoms with Crippen molar-refractivity contribution in [2.75, 3.05) is 0 Å². The molecule has 1 aromatic rings. The summed E-state index contributed by atoms with van der Waals surface area (Å²) in [7, 11) is 0. The Hall–Kier alpha value is -0.980. The Labute approximate surface area is 99.5 Å². The van der Waals surface area contributed by atoms with Crippen molar-refractivity contribution in [1.29, 1.82) is 0 Å². The van der Waals surface area contributed by atoms with Crippen LogP contribution in [0.25, 0.3) is 0 Å². The van der Waals surface area contributed by atoms with E-state index in [-0.39, 0.29) is 0 Å². The lowest BCUT2D eigenvalue weighted by atomic mass is 9.85. The highest BCUT2D eigenvalue weighted by Gasteiger charge is 2.14. The molecule has 0 radical (unpaired) electrons. The Balaban J connectivity index is 2.52. The summed E-state index contributed by atoms with van der Waals surface area (Å²) >= 11 is 0. The zero-order valence-electron chi connectivity index (χ0n) is 10.7. The van der Waals surface area contributed by atoms with E-state index >= 15 is 0 Å². The maximum absolute atomic E-state index is 9.46. The summed E-state index contributed by atoms with van der Waals surface area (Å²) < 4.78 is 0. The van der Waals surface area contributed by atoms with Gasteiger partial charge in [0.25, 0.3) is 0 Å². The minimum absolute atomic E-state index is 0.380. The summed E-state index contributed by atoms with van der Waals surface area (Å²) in [6, 6.07) is 7.67. The normalized spacial score (nSPS) is 14.7. The molecule has 0 unspecified atom stereocenters. The third-order valence-electron chi connectivity index (χ3n) is 3.51. The lowest BCUT2D eigenvalue weighted by molar-refractivity contribution is 0.427. The van der Waals surface area contributed by atoms with Crippen LogP contribution in [0.5, 0.6) is 5.75 Å². The quantitative estimate of drug-likeness (QED) is 0.688. The van der Waals surface area contributed by atoms with Gasteiger partial charge in [-0.25, -0.2) is 0 Å². The second-order valence-electron chi connectivity index (χ2n) is 4.86. The van der Waals surface area contributed by atoms with Crippen LogP contribution in [-0.2, 0) is 0 Å². The molecule has 2 atom stereocenters. The molecule has 0 spiro atoms. The molecule has 16 heavy (non-hydrogen) atoms. The first-order chi connectivity index (χ1) is 7.65. The zero-order valence-corrected chi connectivity index (χ0v) is 10.7. The number of unbranched alkanes of at least 4 members (excludes halogenated alkanes) is 2. The average Bonchev–Trinajstić information content (AvgIpc) is 2.28. The van der Waals surface area contributed by atoms with Gasteiger partial charge in [-0.3, -0.25) is 0 Å². The number of hydrogen-bond donors (Lipinski definition) is 1. The van der Waals surface area contributed by atoms with Gasteiger partial charge in [0.1, 0.15) is 5.75 Å². The van der Waals surface area contributed by atoms with E-state index in [0.29, 0.717) is 17.6 Å². The van der Waals surface area contributed by atoms with Crippen LogP contribution in [0.1, 0.15) is 57.9 Å². The number of phenolic OH excluding ortho intramolecular Hbond substituents is 1. The highest BCUT2D eigenvalue weighted by molar-refractivity contribution is 5.29. The minimum atomic E-state index is 0.380. The molecule has 0 aliphatic carbocycles. The van der Waals surface area contributed by atoms with Crippen molar-refractivity contribution in [3.8, 4) is 5.75 Å². The second kappa shape index (κ2) is 6.57. The van der Waals surface area contributed by atoms with Crippen LogP contribution in [0.3, 0.4) is 0 Å². The number of aromatic hydroxyl groups is 1. The summed E-state index contributed by atoms with van der Waals surface area (Å²) in [5, 5.41) is 9.46. The van der Waals surface area contributed by atoms with Crippen molar-refractivity contribution in [1.82, 2.24) is 0 Å². The third kappa shape index (κ3) is 3.88. The van der Waals surface area contributed by atoms with Gasteiger partial charge in [-0.05, 0) is 29.5 Å². The molecule has 0 aliphatic rings. The maximum atomic E-state index is 9.46. The first-order valence-corrected chi connectivity index (χ1v) is 6.44. The molecule has 0 saturated heterocycles. The molecule has 1 nitrogen and oxygen atoms in total. The molecule has 0 heterocycles. The Morgan fingerprint density at radius 1 is 1.19 bits per heavy atom. The van der Waals surface area contributed by atoms with Crippen LogP contribution in [-0.4, -0.2) is 5.11 Å². The Morgan fingerprint density at radius 3 is 2.56 bits per heavy atom. The number of benzene rings is 1. The van der Waals surface area contributed by atoms with Crippen LogP contribution >= 0.6 is 0 Å². The number of hydrogen-bond acceptors (Lipinski definition) is 1. The third-order valence-corrected chi connectivity index (χ3v) is 3.51. The van der Waals surface area contributed by atoms with Gasteiger partial charge in [-0.2, -0.15) is 0 Å². The van der Waals surface area contributed by atoms with E-state index in [1.807, 2.05) is 12.1 Å². The largest absolute Gasteiger partial charge is 0.508 e. The fraction of sp³-hybridized carbons (Fsp3) is 0.600. The molecule has 0 saturated carbocycles. The van der Waals surface area contributed by atoms with Gasteiger partial charge >= 0.3 is 0 Å². The van der Waals surface area contributed by atoms with Gasteiger partial charge in [-0.1, -0.05) is 58.6 Å². The molecular formula is C15H24O. The zero-order chi connectivity index (χ0) is 12.0. The van der Waals surface area contributed by atoms with E-state index in [4.69, 9.17) is 0 Å². The molecule has 0 amide bonds. The molecule has 0 fully saturated rings. The van der Waals surface area contributed by atoms with Gasteiger partial charge in [-0.15, -0.1) is 0 Å². The van der Waals surface area contributed by atoms with E-state index < -0.39 is 0 Å². The smallest absolute Gasteiger partial charge is 0.115 e. The van der Waals surface area contributed by atoms with Crippen molar-refractivity contribution >= 4 is 0 Å². The highest BCUT2D eigenvalue weighted by Crippen LogP contribution is 2.29. The van der Waals surface area contributed by atoms with Gasteiger partial charge in [0, 0.05) is 0 Å². The van der Waals surface area contributed by atoms with E-state index in [9.17, 15) is 5.11 Å². The molecule has 0 aromatic heterocycles. The van der Waals surface area contributed by atoms with Gasteiger partial charge in [0.2, 0.25) is 0 Å².